The molecule has 0 aliphatic rings. The van der Waals surface area contributed by atoms with E-state index >= 15 is 0 Å². The van der Waals surface area contributed by atoms with Crippen molar-refractivity contribution in [3.63, 3.8) is 0 Å². The molecule has 94 valence electrons. The number of aldehydes is 1. The number of nitrogens with zero attached hydrogens (tertiary/aromatic N) is 1. The second-order valence-electron chi connectivity index (χ2n) is 3.79. The molecule has 0 spiro atoms. The summed E-state index contributed by atoms with van der Waals surface area (Å²) in [6.07, 6.45) is 2.25. The smallest absolute Gasteiger partial charge is 0.357 e. The summed E-state index contributed by atoms with van der Waals surface area (Å²) in [6, 6.07) is 0. The zero-order valence-electron chi connectivity index (χ0n) is 10.4. The van der Waals surface area contributed by atoms with Crippen LogP contribution in [0.5, 0.6) is 0 Å². The molecule has 0 aliphatic carbocycles. The van der Waals surface area contributed by atoms with E-state index in [2.05, 4.69) is 0 Å². The van der Waals surface area contributed by atoms with Crippen molar-refractivity contribution >= 4 is 12.3 Å². The molecule has 0 aromatic carbocycles. The van der Waals surface area contributed by atoms with Crippen LogP contribution in [0.2, 0.25) is 0 Å². The Bertz CT molecular complexity index is 435. The molecule has 0 saturated heterocycles. The number of ether oxygens (including phenoxy) is 1. The number of nitrogens with two attached hydrogens (primary N) is 1. The van der Waals surface area contributed by atoms with Gasteiger partial charge >= 0.3 is 5.97 Å². The molecule has 0 atom stereocenters. The minimum Gasteiger partial charge on any atom is -0.461 e. The molecule has 0 amide bonds. The van der Waals surface area contributed by atoms with Crippen molar-refractivity contribution in [3.8, 4) is 0 Å². The second-order valence-corrected chi connectivity index (χ2v) is 3.79. The van der Waals surface area contributed by atoms with Crippen molar-refractivity contribution in [3.05, 3.63) is 22.5 Å². The van der Waals surface area contributed by atoms with Gasteiger partial charge in [0, 0.05) is 5.56 Å². The largest absolute Gasteiger partial charge is 0.461 e. The predicted molar refractivity (Wildman–Crippen MR) is 64.7 cm³/mol. The van der Waals surface area contributed by atoms with Gasteiger partial charge in [0.2, 0.25) is 0 Å². The van der Waals surface area contributed by atoms with Gasteiger partial charge in [0.05, 0.1) is 12.3 Å². The van der Waals surface area contributed by atoms with E-state index in [4.69, 9.17) is 10.6 Å². The Morgan fingerprint density at radius 2 is 2.12 bits per heavy atom. The Balaban J connectivity index is 3.31. The Hall–Kier alpha value is -1.78. The molecule has 5 heteroatoms. The average Bonchev–Trinajstić information content (AvgIpc) is 2.51. The number of carbonyl (C=O) groups is 2. The van der Waals surface area contributed by atoms with Crippen LogP contribution in [0.15, 0.2) is 0 Å². The number of aromatic nitrogens is 1. The molecular formula is C12H18N2O3. The summed E-state index contributed by atoms with van der Waals surface area (Å²) in [4.78, 5) is 22.8. The molecule has 2 N–H and O–H groups in total. The SMILES string of the molecule is CCCc1c(C=O)c(C)c(C(=O)OCC)n1N. The third-order valence-electron chi connectivity index (χ3n) is 2.68. The predicted octanol–water partition coefficient (Wildman–Crippen LogP) is 1.45. The van der Waals surface area contributed by atoms with Crippen LogP contribution in [0, 0.1) is 6.92 Å². The van der Waals surface area contributed by atoms with Crippen LogP contribution < -0.4 is 5.84 Å². The second kappa shape index (κ2) is 5.52. The quantitative estimate of drug-likeness (QED) is 0.478. The molecule has 0 radical (unpaired) electrons. The van der Waals surface area contributed by atoms with E-state index < -0.39 is 5.97 Å². The van der Waals surface area contributed by atoms with Crippen LogP contribution in [0.25, 0.3) is 0 Å². The zero-order valence-corrected chi connectivity index (χ0v) is 10.4. The third-order valence-corrected chi connectivity index (χ3v) is 2.68. The standard InChI is InChI=1S/C12H18N2O3/c1-4-6-10-9(7-15)8(3)11(14(10)13)12(16)17-5-2/h7H,4-6,13H2,1-3H3. The molecule has 1 rings (SSSR count). The molecule has 0 fully saturated rings. The van der Waals surface area contributed by atoms with E-state index in [-0.39, 0.29) is 12.3 Å². The Morgan fingerprint density at radius 3 is 2.59 bits per heavy atom. The van der Waals surface area contributed by atoms with Gasteiger partial charge in [-0.2, -0.15) is 0 Å². The van der Waals surface area contributed by atoms with Gasteiger partial charge in [-0.3, -0.25) is 9.47 Å². The van der Waals surface area contributed by atoms with Crippen LogP contribution in [-0.4, -0.2) is 23.5 Å². The first-order valence-corrected chi connectivity index (χ1v) is 5.69. The van der Waals surface area contributed by atoms with E-state index in [9.17, 15) is 9.59 Å². The fraction of sp³-hybridized carbons (Fsp3) is 0.500. The molecule has 0 aliphatic heterocycles. The molecule has 0 unspecified atom stereocenters. The summed E-state index contributed by atoms with van der Waals surface area (Å²) in [5.41, 5.74) is 2.03. The lowest BCUT2D eigenvalue weighted by atomic mass is 10.1. The van der Waals surface area contributed by atoms with Gasteiger partial charge < -0.3 is 10.6 Å². The Kier molecular flexibility index (Phi) is 4.31. The van der Waals surface area contributed by atoms with Crippen LogP contribution >= 0.6 is 0 Å². The average molecular weight is 238 g/mol. The molecule has 1 aromatic heterocycles. The summed E-state index contributed by atoms with van der Waals surface area (Å²) in [5.74, 6) is 5.37. The van der Waals surface area contributed by atoms with Crippen LogP contribution in [0.3, 0.4) is 0 Å². The summed E-state index contributed by atoms with van der Waals surface area (Å²) in [7, 11) is 0. The molecule has 1 aromatic rings. The highest BCUT2D eigenvalue weighted by Gasteiger charge is 2.23. The lowest BCUT2D eigenvalue weighted by molar-refractivity contribution is 0.0515. The maximum absolute atomic E-state index is 11.7. The summed E-state index contributed by atoms with van der Waals surface area (Å²) in [5, 5.41) is 0. The van der Waals surface area contributed by atoms with E-state index in [0.717, 1.165) is 12.7 Å². The lowest BCUT2D eigenvalue weighted by Gasteiger charge is -2.06. The van der Waals surface area contributed by atoms with E-state index in [1.807, 2.05) is 6.92 Å². The number of hydrogen-bond donors (Lipinski definition) is 1. The third kappa shape index (κ3) is 2.33. The number of carbonyl (C=O) groups excluding carboxylic acids is 2. The number of hydrogen-bond acceptors (Lipinski definition) is 4. The summed E-state index contributed by atoms with van der Waals surface area (Å²) in [6.45, 7) is 5.70. The molecule has 5 nitrogen and oxygen atoms in total. The molecule has 1 heterocycles. The van der Waals surface area contributed by atoms with Crippen molar-refractivity contribution in [2.45, 2.75) is 33.6 Å². The van der Waals surface area contributed by atoms with Gasteiger partial charge in [-0.15, -0.1) is 0 Å². The van der Waals surface area contributed by atoms with Crippen LogP contribution in [0.4, 0.5) is 0 Å². The number of rotatable bonds is 5. The first-order valence-electron chi connectivity index (χ1n) is 5.69. The molecule has 17 heavy (non-hydrogen) atoms. The van der Waals surface area contributed by atoms with Crippen molar-refractivity contribution < 1.29 is 14.3 Å². The van der Waals surface area contributed by atoms with Gasteiger partial charge in [-0.05, 0) is 25.8 Å². The van der Waals surface area contributed by atoms with Gasteiger partial charge in [0.15, 0.2) is 12.0 Å². The zero-order chi connectivity index (χ0) is 13.0. The van der Waals surface area contributed by atoms with Gasteiger partial charge in [-0.1, -0.05) is 13.3 Å². The number of nitrogen functional groups attached to an aromatic ring is 1. The van der Waals surface area contributed by atoms with Crippen molar-refractivity contribution in [2.24, 2.45) is 0 Å². The molecule has 0 bridgehead atoms. The maximum atomic E-state index is 11.7. The maximum Gasteiger partial charge on any atom is 0.357 e. The van der Waals surface area contributed by atoms with E-state index in [0.29, 0.717) is 23.2 Å². The van der Waals surface area contributed by atoms with Crippen LogP contribution in [0.1, 0.15) is 52.4 Å². The van der Waals surface area contributed by atoms with E-state index in [1.165, 1.54) is 4.68 Å². The summed E-state index contributed by atoms with van der Waals surface area (Å²) >= 11 is 0. The van der Waals surface area contributed by atoms with E-state index in [1.54, 1.807) is 13.8 Å². The molecular weight excluding hydrogens is 220 g/mol. The number of esters is 1. The molecule has 0 saturated carbocycles. The van der Waals surface area contributed by atoms with Crippen molar-refractivity contribution in [2.75, 3.05) is 12.4 Å². The minimum absolute atomic E-state index is 0.261. The van der Waals surface area contributed by atoms with Crippen molar-refractivity contribution in [1.29, 1.82) is 0 Å². The van der Waals surface area contributed by atoms with Crippen LogP contribution in [-0.2, 0) is 11.2 Å². The highest BCUT2D eigenvalue weighted by molar-refractivity contribution is 5.94. The highest BCUT2D eigenvalue weighted by Crippen LogP contribution is 2.21. The lowest BCUT2D eigenvalue weighted by Crippen LogP contribution is -2.21. The minimum atomic E-state index is -0.488. The fourth-order valence-corrected chi connectivity index (χ4v) is 1.89. The van der Waals surface area contributed by atoms with Crippen molar-refractivity contribution in [1.82, 2.24) is 4.68 Å². The summed E-state index contributed by atoms with van der Waals surface area (Å²) < 4.78 is 6.20. The first-order chi connectivity index (χ1) is 8.08. The van der Waals surface area contributed by atoms with Gasteiger partial charge in [0.25, 0.3) is 0 Å². The fourth-order valence-electron chi connectivity index (χ4n) is 1.89. The van der Waals surface area contributed by atoms with Gasteiger partial charge in [-0.25, -0.2) is 4.79 Å². The normalized spacial score (nSPS) is 10.3. The Labute approximate surface area is 101 Å². The first kappa shape index (κ1) is 13.3. The van der Waals surface area contributed by atoms with Gasteiger partial charge in [0.1, 0.15) is 0 Å². The topological polar surface area (TPSA) is 74.3 Å². The highest BCUT2D eigenvalue weighted by atomic mass is 16.5. The monoisotopic (exact) mass is 238 g/mol. The Morgan fingerprint density at radius 1 is 1.47 bits per heavy atom.